The molecular formula is C8H14N2O. The zero-order valence-electron chi connectivity index (χ0n) is 7.05. The van der Waals surface area contributed by atoms with Crippen LogP contribution in [0.4, 0.5) is 0 Å². The summed E-state index contributed by atoms with van der Waals surface area (Å²) in [5, 5.41) is 2.71. The molecule has 0 aromatic rings. The summed E-state index contributed by atoms with van der Waals surface area (Å²) in [5.74, 6) is 1.20. The number of hydrogen-bond acceptors (Lipinski definition) is 2. The first-order valence-electron chi connectivity index (χ1n) is 3.79. The summed E-state index contributed by atoms with van der Waals surface area (Å²) in [5.41, 5.74) is 0. The van der Waals surface area contributed by atoms with Crippen LogP contribution in [0.5, 0.6) is 0 Å². The Morgan fingerprint density at radius 1 is 1.73 bits per heavy atom. The molecule has 1 aliphatic rings. The maximum absolute atomic E-state index is 11.1. The van der Waals surface area contributed by atoms with Gasteiger partial charge in [-0.3, -0.25) is 4.79 Å². The van der Waals surface area contributed by atoms with Crippen molar-refractivity contribution in [2.75, 3.05) is 13.6 Å². The molecule has 1 saturated heterocycles. The molecule has 11 heavy (non-hydrogen) atoms. The van der Waals surface area contributed by atoms with E-state index in [9.17, 15) is 4.79 Å². The third kappa shape index (κ3) is 1.97. The SMILES string of the molecule is C=C1NC(=O)CC(C)CN1C. The van der Waals surface area contributed by atoms with Crippen molar-refractivity contribution in [2.45, 2.75) is 13.3 Å². The van der Waals surface area contributed by atoms with E-state index in [-0.39, 0.29) is 5.91 Å². The van der Waals surface area contributed by atoms with Crippen molar-refractivity contribution < 1.29 is 4.79 Å². The Morgan fingerprint density at radius 3 is 3.00 bits per heavy atom. The van der Waals surface area contributed by atoms with E-state index in [4.69, 9.17) is 0 Å². The van der Waals surface area contributed by atoms with Crippen molar-refractivity contribution in [2.24, 2.45) is 5.92 Å². The molecule has 0 bridgehead atoms. The summed E-state index contributed by atoms with van der Waals surface area (Å²) >= 11 is 0. The molecule has 1 atom stereocenters. The molecule has 0 aliphatic carbocycles. The molecular weight excluding hydrogens is 140 g/mol. The summed E-state index contributed by atoms with van der Waals surface area (Å²) in [6.07, 6.45) is 0.601. The molecule has 0 saturated carbocycles. The fourth-order valence-corrected chi connectivity index (χ4v) is 1.27. The second-order valence-electron chi connectivity index (χ2n) is 3.18. The summed E-state index contributed by atoms with van der Waals surface area (Å²) < 4.78 is 0. The lowest BCUT2D eigenvalue weighted by Gasteiger charge is -2.19. The van der Waals surface area contributed by atoms with Crippen molar-refractivity contribution in [1.82, 2.24) is 10.2 Å². The summed E-state index contributed by atoms with van der Waals surface area (Å²) in [4.78, 5) is 13.0. The average Bonchev–Trinajstić information content (AvgIpc) is 1.93. The van der Waals surface area contributed by atoms with Crippen LogP contribution in [-0.4, -0.2) is 24.4 Å². The van der Waals surface area contributed by atoms with E-state index in [0.29, 0.717) is 18.2 Å². The van der Waals surface area contributed by atoms with Gasteiger partial charge in [0.05, 0.1) is 0 Å². The van der Waals surface area contributed by atoms with E-state index in [0.717, 1.165) is 6.54 Å². The highest BCUT2D eigenvalue weighted by Crippen LogP contribution is 2.10. The molecule has 1 amide bonds. The van der Waals surface area contributed by atoms with Gasteiger partial charge in [0.25, 0.3) is 0 Å². The van der Waals surface area contributed by atoms with Crippen LogP contribution in [0.3, 0.4) is 0 Å². The predicted octanol–water partition coefficient (Wildman–Crippen LogP) is 0.545. The smallest absolute Gasteiger partial charge is 0.225 e. The lowest BCUT2D eigenvalue weighted by atomic mass is 10.1. The molecule has 1 unspecified atom stereocenters. The number of carbonyl (C=O) groups is 1. The van der Waals surface area contributed by atoms with Crippen LogP contribution in [0.25, 0.3) is 0 Å². The van der Waals surface area contributed by atoms with Gasteiger partial charge in [-0.2, -0.15) is 0 Å². The van der Waals surface area contributed by atoms with E-state index in [1.54, 1.807) is 0 Å². The standard InChI is InChI=1S/C8H14N2O/c1-6-4-8(11)9-7(2)10(3)5-6/h6H,2,4-5H2,1,3H3,(H,9,11). The van der Waals surface area contributed by atoms with Gasteiger partial charge in [-0.25, -0.2) is 0 Å². The summed E-state index contributed by atoms with van der Waals surface area (Å²) in [6.45, 7) is 6.70. The zero-order chi connectivity index (χ0) is 8.43. The highest BCUT2D eigenvalue weighted by Gasteiger charge is 2.17. The number of hydrogen-bond donors (Lipinski definition) is 1. The number of rotatable bonds is 0. The van der Waals surface area contributed by atoms with Gasteiger partial charge in [-0.05, 0) is 5.92 Å². The number of nitrogens with zero attached hydrogens (tertiary/aromatic N) is 1. The minimum atomic E-state index is 0.0758. The van der Waals surface area contributed by atoms with E-state index in [2.05, 4.69) is 18.8 Å². The average molecular weight is 154 g/mol. The zero-order valence-corrected chi connectivity index (χ0v) is 7.05. The van der Waals surface area contributed by atoms with Gasteiger partial charge < -0.3 is 10.2 Å². The van der Waals surface area contributed by atoms with Crippen LogP contribution < -0.4 is 5.32 Å². The molecule has 0 spiro atoms. The first-order chi connectivity index (χ1) is 5.09. The van der Waals surface area contributed by atoms with Gasteiger partial charge in [0.2, 0.25) is 5.91 Å². The topological polar surface area (TPSA) is 32.3 Å². The van der Waals surface area contributed by atoms with Crippen LogP contribution in [0.2, 0.25) is 0 Å². The van der Waals surface area contributed by atoms with Gasteiger partial charge in [0.1, 0.15) is 5.82 Å². The maximum atomic E-state index is 11.1. The van der Waals surface area contributed by atoms with Crippen molar-refractivity contribution in [1.29, 1.82) is 0 Å². The largest absolute Gasteiger partial charge is 0.361 e. The van der Waals surface area contributed by atoms with Gasteiger partial charge >= 0.3 is 0 Å². The minimum absolute atomic E-state index is 0.0758. The Labute approximate surface area is 67.1 Å². The van der Waals surface area contributed by atoms with Crippen molar-refractivity contribution in [3.05, 3.63) is 12.4 Å². The second-order valence-corrected chi connectivity index (χ2v) is 3.18. The van der Waals surface area contributed by atoms with Crippen LogP contribution in [0.15, 0.2) is 12.4 Å². The Hall–Kier alpha value is -0.990. The fraction of sp³-hybridized carbons (Fsp3) is 0.625. The van der Waals surface area contributed by atoms with Gasteiger partial charge in [0, 0.05) is 20.0 Å². The van der Waals surface area contributed by atoms with Gasteiger partial charge in [0.15, 0.2) is 0 Å². The predicted molar refractivity (Wildman–Crippen MR) is 43.7 cm³/mol. The Morgan fingerprint density at radius 2 is 2.36 bits per heavy atom. The molecule has 1 rings (SSSR count). The number of carbonyl (C=O) groups excluding carboxylic acids is 1. The first kappa shape index (κ1) is 8.11. The number of amides is 1. The molecule has 3 heteroatoms. The molecule has 0 aromatic heterocycles. The first-order valence-corrected chi connectivity index (χ1v) is 3.79. The normalized spacial score (nSPS) is 26.4. The highest BCUT2D eigenvalue weighted by atomic mass is 16.1. The molecule has 1 heterocycles. The van der Waals surface area contributed by atoms with Gasteiger partial charge in [-0.1, -0.05) is 13.5 Å². The van der Waals surface area contributed by atoms with Crippen molar-refractivity contribution >= 4 is 5.91 Å². The molecule has 0 radical (unpaired) electrons. The van der Waals surface area contributed by atoms with Crippen LogP contribution >= 0.6 is 0 Å². The summed E-state index contributed by atoms with van der Waals surface area (Å²) in [6, 6.07) is 0. The maximum Gasteiger partial charge on any atom is 0.225 e. The molecule has 1 N–H and O–H groups in total. The minimum Gasteiger partial charge on any atom is -0.361 e. The highest BCUT2D eigenvalue weighted by molar-refractivity contribution is 5.78. The van der Waals surface area contributed by atoms with E-state index >= 15 is 0 Å². The Bertz CT molecular complexity index is 189. The Kier molecular flexibility index (Phi) is 2.17. The lowest BCUT2D eigenvalue weighted by Crippen LogP contribution is -2.28. The van der Waals surface area contributed by atoms with Crippen molar-refractivity contribution in [3.63, 3.8) is 0 Å². The lowest BCUT2D eigenvalue weighted by molar-refractivity contribution is -0.120. The van der Waals surface area contributed by atoms with Crippen LogP contribution in [0, 0.1) is 5.92 Å². The molecule has 3 nitrogen and oxygen atoms in total. The third-order valence-corrected chi connectivity index (χ3v) is 1.86. The molecule has 1 aliphatic heterocycles. The van der Waals surface area contributed by atoms with E-state index in [1.165, 1.54) is 0 Å². The van der Waals surface area contributed by atoms with E-state index < -0.39 is 0 Å². The molecule has 1 fully saturated rings. The third-order valence-electron chi connectivity index (χ3n) is 1.86. The molecule has 0 aromatic carbocycles. The summed E-state index contributed by atoms with van der Waals surface area (Å²) in [7, 11) is 1.93. The van der Waals surface area contributed by atoms with E-state index in [1.807, 2.05) is 11.9 Å². The Balaban J connectivity index is 2.66. The quantitative estimate of drug-likeness (QED) is 0.552. The second kappa shape index (κ2) is 2.95. The number of nitrogens with one attached hydrogen (secondary N) is 1. The van der Waals surface area contributed by atoms with Crippen molar-refractivity contribution in [3.8, 4) is 0 Å². The van der Waals surface area contributed by atoms with Crippen LogP contribution in [-0.2, 0) is 4.79 Å². The molecule has 62 valence electrons. The van der Waals surface area contributed by atoms with Crippen LogP contribution in [0.1, 0.15) is 13.3 Å². The monoisotopic (exact) mass is 154 g/mol. The fourth-order valence-electron chi connectivity index (χ4n) is 1.27. The van der Waals surface area contributed by atoms with Gasteiger partial charge in [-0.15, -0.1) is 0 Å².